The number of likely N-dealkylation sites (tertiary alicyclic amines) is 1. The van der Waals surface area contributed by atoms with Gasteiger partial charge in [-0.3, -0.25) is 9.59 Å². The molecule has 9 nitrogen and oxygen atoms in total. The summed E-state index contributed by atoms with van der Waals surface area (Å²) in [7, 11) is -2.18. The van der Waals surface area contributed by atoms with Crippen molar-refractivity contribution in [1.82, 2.24) is 20.1 Å². The van der Waals surface area contributed by atoms with E-state index in [1.807, 2.05) is 17.9 Å². The highest BCUT2D eigenvalue weighted by atomic mass is 28.4. The van der Waals surface area contributed by atoms with Crippen LogP contribution in [0.1, 0.15) is 76.2 Å². The number of amides is 1. The number of carbonyl (C=O) groups excluding carboxylic acids is 1. The van der Waals surface area contributed by atoms with E-state index < -0.39 is 8.32 Å². The number of aromatic hydroxyl groups is 1. The number of aromatic amines is 1. The van der Waals surface area contributed by atoms with Crippen LogP contribution in [-0.4, -0.2) is 93.1 Å². The van der Waals surface area contributed by atoms with Crippen LogP contribution in [0.4, 0.5) is 0 Å². The van der Waals surface area contributed by atoms with Crippen LogP contribution < -0.4 is 10.9 Å². The Hall–Kier alpha value is -3.02. The molecule has 1 aromatic heterocycles. The van der Waals surface area contributed by atoms with E-state index in [4.69, 9.17) is 9.16 Å². The van der Waals surface area contributed by atoms with Crippen molar-refractivity contribution in [2.75, 3.05) is 59.0 Å². The number of phenolic OH excluding ortho intramolecular Hbond substituents is 1. The van der Waals surface area contributed by atoms with Crippen molar-refractivity contribution in [2.24, 2.45) is 11.8 Å². The molecule has 1 amide bonds. The molecule has 0 spiro atoms. The van der Waals surface area contributed by atoms with Gasteiger partial charge in [0.25, 0.3) is 0 Å². The van der Waals surface area contributed by atoms with E-state index in [1.54, 1.807) is 12.1 Å². The Morgan fingerprint density at radius 2 is 1.78 bits per heavy atom. The van der Waals surface area contributed by atoms with Crippen molar-refractivity contribution >= 4 is 25.1 Å². The molecule has 280 valence electrons. The van der Waals surface area contributed by atoms with Gasteiger partial charge in [0.1, 0.15) is 5.75 Å². The summed E-state index contributed by atoms with van der Waals surface area (Å²) in [6, 6.07) is 15.6. The second kappa shape index (κ2) is 17.7. The van der Waals surface area contributed by atoms with E-state index in [0.29, 0.717) is 51.3 Å². The predicted octanol–water partition coefficient (Wildman–Crippen LogP) is 6.66. The fraction of sp³-hybridized carbons (Fsp3) is 0.610. The summed E-state index contributed by atoms with van der Waals surface area (Å²) in [5.41, 5.74) is 3.75. The van der Waals surface area contributed by atoms with Crippen molar-refractivity contribution in [3.05, 3.63) is 75.6 Å². The Kier molecular flexibility index (Phi) is 13.6. The quantitative estimate of drug-likeness (QED) is 0.0998. The van der Waals surface area contributed by atoms with Gasteiger partial charge in [-0.15, -0.1) is 0 Å². The zero-order chi connectivity index (χ0) is 36.6. The van der Waals surface area contributed by atoms with Crippen LogP contribution in [0, 0.1) is 11.8 Å². The van der Waals surface area contributed by atoms with Gasteiger partial charge >= 0.3 is 0 Å². The van der Waals surface area contributed by atoms with Gasteiger partial charge in [-0.1, -0.05) is 57.5 Å². The normalized spacial score (nSPS) is 18.7. The van der Waals surface area contributed by atoms with Crippen molar-refractivity contribution < 1.29 is 19.1 Å². The molecule has 0 radical (unpaired) electrons. The van der Waals surface area contributed by atoms with Gasteiger partial charge in [-0.05, 0) is 91.4 Å². The van der Waals surface area contributed by atoms with E-state index in [2.05, 4.69) is 73.3 Å². The molecular weight excluding hydrogens is 657 g/mol. The lowest BCUT2D eigenvalue weighted by Gasteiger charge is -2.39. The van der Waals surface area contributed by atoms with Crippen molar-refractivity contribution in [3.8, 4) is 5.75 Å². The average Bonchev–Trinajstić information content (AvgIpc) is 3.69. The molecular formula is C41H62N4O5Si. The summed E-state index contributed by atoms with van der Waals surface area (Å²) in [5, 5.41) is 14.8. The van der Waals surface area contributed by atoms with Crippen molar-refractivity contribution in [3.63, 3.8) is 0 Å². The van der Waals surface area contributed by atoms with E-state index in [1.165, 1.54) is 49.5 Å². The van der Waals surface area contributed by atoms with Gasteiger partial charge < -0.3 is 34.4 Å². The minimum atomic E-state index is -2.18. The minimum absolute atomic E-state index is 0.00373. The van der Waals surface area contributed by atoms with Crippen LogP contribution in [0.15, 0.2) is 53.3 Å². The Morgan fingerprint density at radius 1 is 1.06 bits per heavy atom. The molecule has 0 bridgehead atoms. The Bertz CT molecular complexity index is 1640. The second-order valence-corrected chi connectivity index (χ2v) is 21.0. The molecule has 2 aliphatic rings. The molecule has 1 saturated carbocycles. The molecule has 1 aliphatic heterocycles. The number of aromatic nitrogens is 1. The van der Waals surface area contributed by atoms with Crippen molar-refractivity contribution in [1.29, 1.82) is 0 Å². The number of hydrogen-bond acceptors (Lipinski definition) is 7. The van der Waals surface area contributed by atoms with Gasteiger partial charge in [0.2, 0.25) is 11.5 Å². The maximum atomic E-state index is 13.1. The molecule has 2 aromatic carbocycles. The number of ether oxygens (including phenoxy) is 1. The first-order chi connectivity index (χ1) is 24.3. The number of pyridine rings is 1. The summed E-state index contributed by atoms with van der Waals surface area (Å²) in [5.74, 6) is 2.02. The highest BCUT2D eigenvalue weighted by Crippen LogP contribution is 2.41. The smallest absolute Gasteiger partial charge is 0.248 e. The molecule has 3 atom stereocenters. The standard InChI is InChI=1S/C41H62N4O5Si/c1-7-45(39(48)20-25-49-24-19-31-11-8-10-30(26-31)18-22-44-28-32-12-9-13-33(32)29-44)23-21-42-27-37(50-51(5,6)41(2,3)4)34-14-16-36(46)40-35(34)15-17-38(47)43-40/h8,10-11,14-17,26,32-33,37,42,46H,7,9,12-13,18-25,27-29H2,1-6H3,(H,43,47)/t32?,33?,37-/m0/s1. The molecule has 10 heteroatoms. The second-order valence-electron chi connectivity index (χ2n) is 16.2. The lowest BCUT2D eigenvalue weighted by molar-refractivity contribution is -0.132. The topological polar surface area (TPSA) is 107 Å². The SMILES string of the molecule is CCN(CCNC[C@H](O[Si](C)(C)C(C)(C)C)c1ccc(O)c2[nH]c(=O)ccc12)C(=O)CCOCCc1cccc(CCN2CC3CCCC3C2)c1. The summed E-state index contributed by atoms with van der Waals surface area (Å²) < 4.78 is 12.8. The first kappa shape index (κ1) is 39.2. The third-order valence-electron chi connectivity index (χ3n) is 11.6. The molecule has 3 aromatic rings. The van der Waals surface area contributed by atoms with Crippen LogP contribution in [0.3, 0.4) is 0 Å². The molecule has 5 rings (SSSR count). The van der Waals surface area contributed by atoms with Gasteiger partial charge in [-0.25, -0.2) is 0 Å². The number of rotatable bonds is 18. The number of hydrogen-bond donors (Lipinski definition) is 3. The first-order valence-electron chi connectivity index (χ1n) is 19.2. The van der Waals surface area contributed by atoms with Gasteiger partial charge in [-0.2, -0.15) is 0 Å². The highest BCUT2D eigenvalue weighted by Gasteiger charge is 2.40. The number of fused-ring (bicyclic) bond motifs is 2. The Morgan fingerprint density at radius 3 is 2.49 bits per heavy atom. The van der Waals surface area contributed by atoms with Gasteiger partial charge in [0.15, 0.2) is 8.32 Å². The summed E-state index contributed by atoms with van der Waals surface area (Å²) in [6.45, 7) is 20.2. The summed E-state index contributed by atoms with van der Waals surface area (Å²) in [4.78, 5) is 32.4. The van der Waals surface area contributed by atoms with E-state index in [9.17, 15) is 14.7 Å². The zero-order valence-corrected chi connectivity index (χ0v) is 32.9. The maximum Gasteiger partial charge on any atom is 0.248 e. The van der Waals surface area contributed by atoms with Crippen molar-refractivity contribution in [2.45, 2.75) is 90.5 Å². The van der Waals surface area contributed by atoms with Crippen LogP contribution in [0.5, 0.6) is 5.75 Å². The van der Waals surface area contributed by atoms with Crippen LogP contribution in [-0.2, 0) is 26.8 Å². The number of carbonyl (C=O) groups is 1. The van der Waals surface area contributed by atoms with Gasteiger partial charge in [0, 0.05) is 57.3 Å². The lowest BCUT2D eigenvalue weighted by Crippen LogP contribution is -2.44. The molecule has 1 aliphatic carbocycles. The summed E-state index contributed by atoms with van der Waals surface area (Å²) >= 11 is 0. The third kappa shape index (κ3) is 10.5. The minimum Gasteiger partial charge on any atom is -0.506 e. The number of benzene rings is 2. The van der Waals surface area contributed by atoms with E-state index >= 15 is 0 Å². The number of likely N-dealkylation sites (N-methyl/N-ethyl adjacent to an activating group) is 1. The molecule has 2 heterocycles. The molecule has 1 saturated heterocycles. The third-order valence-corrected chi connectivity index (χ3v) is 16.1. The number of nitrogens with zero attached hydrogens (tertiary/aromatic N) is 2. The number of phenols is 1. The largest absolute Gasteiger partial charge is 0.506 e. The first-order valence-corrected chi connectivity index (χ1v) is 22.1. The average molecular weight is 719 g/mol. The molecule has 3 N–H and O–H groups in total. The molecule has 51 heavy (non-hydrogen) atoms. The number of nitrogens with one attached hydrogen (secondary N) is 2. The van der Waals surface area contributed by atoms with Crippen LogP contribution in [0.25, 0.3) is 10.9 Å². The molecule has 2 unspecified atom stereocenters. The van der Waals surface area contributed by atoms with E-state index in [0.717, 1.165) is 42.2 Å². The Balaban J connectivity index is 1.05. The van der Waals surface area contributed by atoms with Crippen LogP contribution in [0.2, 0.25) is 18.1 Å². The predicted molar refractivity (Wildman–Crippen MR) is 209 cm³/mol. The maximum absolute atomic E-state index is 13.1. The fourth-order valence-corrected chi connectivity index (χ4v) is 8.82. The Labute approximate surface area is 306 Å². The van der Waals surface area contributed by atoms with E-state index in [-0.39, 0.29) is 28.4 Å². The molecule has 2 fully saturated rings. The van der Waals surface area contributed by atoms with Crippen LogP contribution >= 0.6 is 0 Å². The lowest BCUT2D eigenvalue weighted by atomic mass is 10.0. The number of H-pyrrole nitrogens is 1. The summed E-state index contributed by atoms with van der Waals surface area (Å²) in [6.07, 6.45) is 6.30. The highest BCUT2D eigenvalue weighted by molar-refractivity contribution is 6.74. The zero-order valence-electron chi connectivity index (χ0n) is 31.9. The van der Waals surface area contributed by atoms with Gasteiger partial charge in [0.05, 0.1) is 31.3 Å². The monoisotopic (exact) mass is 718 g/mol. The fourth-order valence-electron chi connectivity index (χ4n) is 7.55.